The van der Waals surface area contributed by atoms with Crippen LogP contribution < -0.4 is 10.0 Å². The van der Waals surface area contributed by atoms with Crippen LogP contribution in [0.1, 0.15) is 30.0 Å². The molecule has 2 rings (SSSR count). The molecule has 28 heavy (non-hydrogen) atoms. The van der Waals surface area contributed by atoms with Crippen LogP contribution >= 0.6 is 11.6 Å². The summed E-state index contributed by atoms with van der Waals surface area (Å²) in [7, 11) is -0.177. The molecule has 10 heteroatoms. The highest BCUT2D eigenvalue weighted by Crippen LogP contribution is 2.25. The van der Waals surface area contributed by atoms with Crippen LogP contribution in [0.15, 0.2) is 33.7 Å². The zero-order valence-corrected chi connectivity index (χ0v) is 18.1. The molecular formula is C18H25ClN4O4S. The van der Waals surface area contributed by atoms with Crippen molar-refractivity contribution < 1.29 is 17.7 Å². The number of nitrogens with zero attached hydrogens (tertiary/aromatic N) is 2. The molecular weight excluding hydrogens is 404 g/mol. The lowest BCUT2D eigenvalue weighted by molar-refractivity contribution is -0.122. The second kappa shape index (κ2) is 9.04. The molecule has 2 N–H and O–H groups in total. The van der Waals surface area contributed by atoms with Gasteiger partial charge in [0.25, 0.3) is 0 Å². The third-order valence-electron chi connectivity index (χ3n) is 4.32. The van der Waals surface area contributed by atoms with Crippen LogP contribution in [0.3, 0.4) is 0 Å². The Labute approximate surface area is 170 Å². The third kappa shape index (κ3) is 5.11. The van der Waals surface area contributed by atoms with Crippen molar-refractivity contribution >= 4 is 27.5 Å². The van der Waals surface area contributed by atoms with Gasteiger partial charge in [0.05, 0.1) is 12.1 Å². The molecule has 0 aliphatic carbocycles. The second-order valence-electron chi connectivity index (χ2n) is 6.74. The zero-order chi connectivity index (χ0) is 21.1. The van der Waals surface area contributed by atoms with E-state index in [1.54, 1.807) is 6.07 Å². The fourth-order valence-corrected chi connectivity index (χ4v) is 4.66. The van der Waals surface area contributed by atoms with Crippen LogP contribution in [-0.4, -0.2) is 51.1 Å². The van der Waals surface area contributed by atoms with Crippen molar-refractivity contribution in [3.05, 3.63) is 46.3 Å². The van der Waals surface area contributed by atoms with E-state index in [0.717, 1.165) is 5.56 Å². The Hall–Kier alpha value is -1.94. The van der Waals surface area contributed by atoms with Gasteiger partial charge in [-0.25, -0.2) is 8.42 Å². The first kappa shape index (κ1) is 22.4. The van der Waals surface area contributed by atoms with Crippen molar-refractivity contribution in [2.45, 2.75) is 37.8 Å². The minimum absolute atomic E-state index is 0.0469. The number of carbonyl (C=O) groups is 1. The van der Waals surface area contributed by atoms with Crippen molar-refractivity contribution in [3.63, 3.8) is 0 Å². The Bertz CT molecular complexity index is 923. The number of benzene rings is 1. The summed E-state index contributed by atoms with van der Waals surface area (Å²) in [6, 6.07) is 6.25. The molecule has 1 heterocycles. The third-order valence-corrected chi connectivity index (χ3v) is 6.45. The predicted molar refractivity (Wildman–Crippen MR) is 107 cm³/mol. The maximum absolute atomic E-state index is 12.5. The van der Waals surface area contributed by atoms with E-state index in [-0.39, 0.29) is 28.9 Å². The number of likely N-dealkylation sites (N-methyl/N-ethyl adjacent to an activating group) is 1. The summed E-state index contributed by atoms with van der Waals surface area (Å²) in [5.41, 5.74) is 1.11. The summed E-state index contributed by atoms with van der Waals surface area (Å²) < 4.78 is 32.4. The predicted octanol–water partition coefficient (Wildman–Crippen LogP) is 2.03. The Balaban J connectivity index is 2.06. The number of halogens is 1. The van der Waals surface area contributed by atoms with Crippen LogP contribution in [0.2, 0.25) is 5.02 Å². The first-order valence-electron chi connectivity index (χ1n) is 8.68. The molecule has 0 aliphatic rings. The molecule has 2 aromatic rings. The van der Waals surface area contributed by atoms with E-state index in [9.17, 15) is 13.2 Å². The van der Waals surface area contributed by atoms with Crippen molar-refractivity contribution in [1.29, 1.82) is 0 Å². The maximum atomic E-state index is 12.5. The number of hydrogen-bond donors (Lipinski definition) is 2. The molecule has 1 unspecified atom stereocenters. The highest BCUT2D eigenvalue weighted by atomic mass is 35.5. The van der Waals surface area contributed by atoms with Gasteiger partial charge in [-0.1, -0.05) is 35.0 Å². The molecule has 0 aliphatic heterocycles. The lowest BCUT2D eigenvalue weighted by atomic mass is 10.1. The topological polar surface area (TPSA) is 105 Å². The van der Waals surface area contributed by atoms with E-state index < -0.39 is 22.0 Å². The highest BCUT2D eigenvalue weighted by Gasteiger charge is 2.28. The van der Waals surface area contributed by atoms with E-state index in [0.29, 0.717) is 5.02 Å². The van der Waals surface area contributed by atoms with Crippen LogP contribution in [0.25, 0.3) is 0 Å². The van der Waals surface area contributed by atoms with E-state index in [1.807, 2.05) is 37.2 Å². The lowest BCUT2D eigenvalue weighted by Gasteiger charge is -2.26. The summed E-state index contributed by atoms with van der Waals surface area (Å²) >= 11 is 6.27. The number of aryl methyl sites for hydroxylation is 2. The average molecular weight is 429 g/mol. The van der Waals surface area contributed by atoms with Crippen LogP contribution in [-0.2, 0) is 14.8 Å². The van der Waals surface area contributed by atoms with E-state index in [1.165, 1.54) is 20.8 Å². The van der Waals surface area contributed by atoms with Crippen molar-refractivity contribution in [2.24, 2.45) is 0 Å². The smallest absolute Gasteiger partial charge is 0.246 e. The summed E-state index contributed by atoms with van der Waals surface area (Å²) in [6.07, 6.45) is 0. The van der Waals surface area contributed by atoms with Gasteiger partial charge in [0, 0.05) is 11.6 Å². The molecule has 1 aromatic heterocycles. The molecule has 0 saturated carbocycles. The average Bonchev–Trinajstić information content (AvgIpc) is 2.95. The van der Waals surface area contributed by atoms with Gasteiger partial charge in [-0.2, -0.15) is 4.72 Å². The van der Waals surface area contributed by atoms with E-state index in [2.05, 4.69) is 15.2 Å². The van der Waals surface area contributed by atoms with E-state index in [4.69, 9.17) is 16.1 Å². The summed E-state index contributed by atoms with van der Waals surface area (Å²) in [4.78, 5) is 14.4. The van der Waals surface area contributed by atoms with Gasteiger partial charge in [0.2, 0.25) is 15.9 Å². The van der Waals surface area contributed by atoms with Crippen molar-refractivity contribution in [3.8, 4) is 0 Å². The van der Waals surface area contributed by atoms with Gasteiger partial charge in [0.1, 0.15) is 10.6 Å². The second-order valence-corrected chi connectivity index (χ2v) is 8.80. The van der Waals surface area contributed by atoms with Crippen molar-refractivity contribution in [2.75, 3.05) is 20.6 Å². The van der Waals surface area contributed by atoms with Gasteiger partial charge in [-0.15, -0.1) is 0 Å². The molecule has 0 saturated heterocycles. The minimum atomic E-state index is -3.93. The molecule has 0 fully saturated rings. The van der Waals surface area contributed by atoms with Gasteiger partial charge >= 0.3 is 0 Å². The van der Waals surface area contributed by atoms with Gasteiger partial charge in [0.15, 0.2) is 5.76 Å². The Morgan fingerprint density at radius 3 is 2.46 bits per heavy atom. The molecule has 8 nitrogen and oxygen atoms in total. The number of hydrogen-bond acceptors (Lipinski definition) is 6. The molecule has 2 atom stereocenters. The van der Waals surface area contributed by atoms with Crippen LogP contribution in [0.4, 0.5) is 0 Å². The minimum Gasteiger partial charge on any atom is -0.360 e. The SMILES string of the molecule is Cc1noc(C)c1S(=O)(=O)N[C@@H](C)C(=O)NCC(c1ccccc1Cl)N(C)C. The number of sulfonamides is 1. The first-order chi connectivity index (χ1) is 13.0. The fraction of sp³-hybridized carbons (Fsp3) is 0.444. The number of rotatable bonds is 8. The van der Waals surface area contributed by atoms with Crippen molar-refractivity contribution in [1.82, 2.24) is 20.1 Å². The summed E-state index contributed by atoms with van der Waals surface area (Å²) in [6.45, 7) is 4.78. The van der Waals surface area contributed by atoms with Crippen LogP contribution in [0, 0.1) is 13.8 Å². The number of carbonyl (C=O) groups excluding carboxylic acids is 1. The molecule has 154 valence electrons. The summed E-state index contributed by atoms with van der Waals surface area (Å²) in [5, 5.41) is 7.02. The monoisotopic (exact) mass is 428 g/mol. The molecule has 1 aromatic carbocycles. The largest absolute Gasteiger partial charge is 0.360 e. The molecule has 0 spiro atoms. The highest BCUT2D eigenvalue weighted by molar-refractivity contribution is 7.89. The van der Waals surface area contributed by atoms with Gasteiger partial charge in [-0.05, 0) is 46.5 Å². The zero-order valence-electron chi connectivity index (χ0n) is 16.5. The number of aromatic nitrogens is 1. The Morgan fingerprint density at radius 1 is 1.29 bits per heavy atom. The van der Waals surface area contributed by atoms with Gasteiger partial charge < -0.3 is 14.7 Å². The molecule has 1 amide bonds. The quantitative estimate of drug-likeness (QED) is 0.666. The maximum Gasteiger partial charge on any atom is 0.246 e. The lowest BCUT2D eigenvalue weighted by Crippen LogP contribution is -2.46. The normalized spacial score (nSPS) is 14.1. The molecule has 0 radical (unpaired) electrons. The fourth-order valence-electron chi connectivity index (χ4n) is 2.87. The van der Waals surface area contributed by atoms with Crippen LogP contribution in [0.5, 0.6) is 0 Å². The number of nitrogens with one attached hydrogen (secondary N) is 2. The standard InChI is InChI=1S/C18H25ClN4O4S/c1-11-17(13(3)27-21-11)28(25,26)22-12(2)18(24)20-10-16(23(4)5)14-8-6-7-9-15(14)19/h6-9,12,16,22H,10H2,1-5H3,(H,20,24)/t12-,16?/m0/s1. The molecule has 0 bridgehead atoms. The first-order valence-corrected chi connectivity index (χ1v) is 10.5. The van der Waals surface area contributed by atoms with E-state index >= 15 is 0 Å². The summed E-state index contributed by atoms with van der Waals surface area (Å²) in [5.74, 6) is -0.279. The number of amides is 1. The Kier molecular flexibility index (Phi) is 7.22. The van der Waals surface area contributed by atoms with Gasteiger partial charge in [-0.3, -0.25) is 4.79 Å². The Morgan fingerprint density at radius 2 is 1.93 bits per heavy atom.